The van der Waals surface area contributed by atoms with Gasteiger partial charge in [-0.05, 0) is 36.6 Å². The van der Waals surface area contributed by atoms with Gasteiger partial charge in [0.15, 0.2) is 0 Å². The number of anilines is 1. The van der Waals surface area contributed by atoms with Crippen LogP contribution in [0.3, 0.4) is 0 Å². The Morgan fingerprint density at radius 1 is 1.42 bits per heavy atom. The number of hydrogen-bond acceptors (Lipinski definition) is 6. The largest absolute Gasteiger partial charge is 0.462 e. The maximum Gasteiger partial charge on any atom is 0.341 e. The molecule has 0 spiro atoms. The van der Waals surface area contributed by atoms with Gasteiger partial charge in [-0.3, -0.25) is 9.59 Å². The molecule has 7 nitrogen and oxygen atoms in total. The number of carbonyl (C=O) groups is 3. The van der Waals surface area contributed by atoms with Crippen LogP contribution in [0.5, 0.6) is 0 Å². The van der Waals surface area contributed by atoms with Crippen molar-refractivity contribution < 1.29 is 19.1 Å². The third-order valence-electron chi connectivity index (χ3n) is 4.01. The number of nitrogens with zero attached hydrogens (tertiary/aromatic N) is 2. The molecular formula is C16H19N3O4S. The molecule has 2 amide bonds. The first-order chi connectivity index (χ1) is 11.5. The molecule has 24 heavy (non-hydrogen) atoms. The molecule has 0 aromatic carbocycles. The summed E-state index contributed by atoms with van der Waals surface area (Å²) in [6, 6.07) is 0. The van der Waals surface area contributed by atoms with Crippen molar-refractivity contribution in [1.29, 1.82) is 0 Å². The number of hydrogen-bond donors (Lipinski definition) is 1. The molecule has 1 aromatic heterocycles. The zero-order chi connectivity index (χ0) is 17.3. The molecule has 1 aromatic rings. The third kappa shape index (κ3) is 3.33. The third-order valence-corrected chi connectivity index (χ3v) is 4.93. The highest BCUT2D eigenvalue weighted by atomic mass is 32.1. The first-order valence-electron chi connectivity index (χ1n) is 7.95. The molecule has 1 aliphatic heterocycles. The van der Waals surface area contributed by atoms with E-state index in [0.717, 1.165) is 18.4 Å². The normalized spacial score (nSPS) is 17.5. The Balaban J connectivity index is 1.82. The monoisotopic (exact) mass is 349 g/mol. The lowest BCUT2D eigenvalue weighted by molar-refractivity contribution is -0.130. The Kier molecular flexibility index (Phi) is 4.66. The average Bonchev–Trinajstić information content (AvgIpc) is 3.31. The van der Waals surface area contributed by atoms with Crippen LogP contribution in [0.4, 0.5) is 5.00 Å². The van der Waals surface area contributed by atoms with Gasteiger partial charge in [-0.1, -0.05) is 0 Å². The zero-order valence-electron chi connectivity index (χ0n) is 13.6. The van der Waals surface area contributed by atoms with Gasteiger partial charge in [-0.2, -0.15) is 5.10 Å². The summed E-state index contributed by atoms with van der Waals surface area (Å²) in [4.78, 5) is 36.2. The van der Waals surface area contributed by atoms with E-state index in [2.05, 4.69) is 10.4 Å². The Labute approximate surface area is 143 Å². The predicted molar refractivity (Wildman–Crippen MR) is 90.3 cm³/mol. The molecule has 2 heterocycles. The molecule has 0 radical (unpaired) electrons. The van der Waals surface area contributed by atoms with Crippen LogP contribution in [0.2, 0.25) is 0 Å². The Bertz CT molecular complexity index is 721. The summed E-state index contributed by atoms with van der Waals surface area (Å²) in [6.45, 7) is 2.04. The van der Waals surface area contributed by atoms with Crippen LogP contribution in [0.1, 0.15) is 54.4 Å². The van der Waals surface area contributed by atoms with Crippen LogP contribution in [0.15, 0.2) is 10.5 Å². The molecular weight excluding hydrogens is 330 g/mol. The van der Waals surface area contributed by atoms with Gasteiger partial charge < -0.3 is 10.1 Å². The Morgan fingerprint density at radius 3 is 2.79 bits per heavy atom. The molecule has 1 aliphatic carbocycles. The van der Waals surface area contributed by atoms with Crippen molar-refractivity contribution in [3.05, 3.63) is 16.5 Å². The van der Waals surface area contributed by atoms with Crippen LogP contribution in [-0.2, 0) is 14.3 Å². The van der Waals surface area contributed by atoms with Crippen molar-refractivity contribution in [1.82, 2.24) is 5.01 Å². The van der Waals surface area contributed by atoms with E-state index in [0.29, 0.717) is 22.9 Å². The topological polar surface area (TPSA) is 88.1 Å². The smallest absolute Gasteiger partial charge is 0.341 e. The average molecular weight is 349 g/mol. The lowest BCUT2D eigenvalue weighted by Crippen LogP contribution is -2.34. The van der Waals surface area contributed by atoms with Gasteiger partial charge in [0.05, 0.1) is 12.2 Å². The number of nitrogens with one attached hydrogen (secondary N) is 1. The summed E-state index contributed by atoms with van der Waals surface area (Å²) in [5.41, 5.74) is 1.69. The highest BCUT2D eigenvalue weighted by molar-refractivity contribution is 7.15. The number of carbonyl (C=O) groups excluding carboxylic acids is 3. The summed E-state index contributed by atoms with van der Waals surface area (Å²) in [6.07, 6.45) is 2.65. The highest BCUT2D eigenvalue weighted by Gasteiger charge is 2.33. The van der Waals surface area contributed by atoms with Gasteiger partial charge in [0.1, 0.15) is 10.7 Å². The van der Waals surface area contributed by atoms with Gasteiger partial charge in [-0.15, -0.1) is 11.3 Å². The van der Waals surface area contributed by atoms with Crippen molar-refractivity contribution in [3.63, 3.8) is 0 Å². The first kappa shape index (κ1) is 16.6. The van der Waals surface area contributed by atoms with Gasteiger partial charge in [-0.25, -0.2) is 9.80 Å². The molecule has 0 atom stereocenters. The van der Waals surface area contributed by atoms with Crippen molar-refractivity contribution in [2.24, 2.45) is 5.10 Å². The molecule has 1 fully saturated rings. The fourth-order valence-corrected chi connectivity index (χ4v) is 3.61. The molecule has 0 bridgehead atoms. The van der Waals surface area contributed by atoms with E-state index in [-0.39, 0.29) is 30.6 Å². The summed E-state index contributed by atoms with van der Waals surface area (Å²) >= 11 is 1.32. The minimum atomic E-state index is -0.408. The molecule has 2 aliphatic rings. The summed E-state index contributed by atoms with van der Waals surface area (Å²) < 4.78 is 5.14. The van der Waals surface area contributed by atoms with Gasteiger partial charge >= 0.3 is 5.97 Å². The van der Waals surface area contributed by atoms with Crippen LogP contribution < -0.4 is 5.32 Å². The number of hydrazone groups is 1. The SMILES string of the molecule is CCOC(=O)c1c(C2CC2)csc1NC(=O)C1=NN(C)C(=O)CC1. The fraction of sp³-hybridized carbons (Fsp3) is 0.500. The van der Waals surface area contributed by atoms with Crippen LogP contribution >= 0.6 is 11.3 Å². The van der Waals surface area contributed by atoms with Crippen molar-refractivity contribution >= 4 is 39.8 Å². The zero-order valence-corrected chi connectivity index (χ0v) is 14.4. The van der Waals surface area contributed by atoms with Crippen molar-refractivity contribution in [3.8, 4) is 0 Å². The highest BCUT2D eigenvalue weighted by Crippen LogP contribution is 2.46. The second-order valence-electron chi connectivity index (χ2n) is 5.81. The molecule has 3 rings (SSSR count). The molecule has 0 saturated heterocycles. The van der Waals surface area contributed by atoms with Gasteiger partial charge in [0, 0.05) is 19.9 Å². The lowest BCUT2D eigenvalue weighted by atomic mass is 10.1. The molecule has 128 valence electrons. The van der Waals surface area contributed by atoms with E-state index >= 15 is 0 Å². The quantitative estimate of drug-likeness (QED) is 0.827. The molecule has 1 saturated carbocycles. The second kappa shape index (κ2) is 6.72. The minimum absolute atomic E-state index is 0.120. The number of esters is 1. The van der Waals surface area contributed by atoms with Crippen LogP contribution in [0, 0.1) is 0 Å². The minimum Gasteiger partial charge on any atom is -0.462 e. The van der Waals surface area contributed by atoms with E-state index in [4.69, 9.17) is 4.74 Å². The summed E-state index contributed by atoms with van der Waals surface area (Å²) in [7, 11) is 1.52. The van der Waals surface area contributed by atoms with Gasteiger partial charge in [0.2, 0.25) is 5.91 Å². The van der Waals surface area contributed by atoms with Crippen molar-refractivity contribution in [2.75, 3.05) is 19.0 Å². The summed E-state index contributed by atoms with van der Waals surface area (Å²) in [5, 5.41) is 10.3. The summed E-state index contributed by atoms with van der Waals surface area (Å²) in [5.74, 6) is -0.536. The Morgan fingerprint density at radius 2 is 2.17 bits per heavy atom. The Hall–Kier alpha value is -2.22. The fourth-order valence-electron chi connectivity index (χ4n) is 2.58. The van der Waals surface area contributed by atoms with Crippen LogP contribution in [-0.4, -0.2) is 42.2 Å². The van der Waals surface area contributed by atoms with E-state index in [1.807, 2.05) is 5.38 Å². The second-order valence-corrected chi connectivity index (χ2v) is 6.69. The number of rotatable bonds is 5. The lowest BCUT2D eigenvalue weighted by Gasteiger charge is -2.18. The van der Waals surface area contributed by atoms with E-state index in [1.165, 1.54) is 23.4 Å². The molecule has 1 N–H and O–H groups in total. The number of ether oxygens (including phenoxy) is 1. The maximum atomic E-state index is 12.4. The predicted octanol–water partition coefficient (Wildman–Crippen LogP) is 2.35. The maximum absolute atomic E-state index is 12.4. The van der Waals surface area contributed by atoms with E-state index in [9.17, 15) is 14.4 Å². The van der Waals surface area contributed by atoms with E-state index < -0.39 is 5.97 Å². The number of amides is 2. The standard InChI is InChI=1S/C16H19N3O4S/c1-3-23-16(22)13-10(9-4-5-9)8-24-15(13)17-14(21)11-6-7-12(20)19(2)18-11/h8-9H,3-7H2,1-2H3,(H,17,21). The van der Waals surface area contributed by atoms with Crippen molar-refractivity contribution in [2.45, 2.75) is 38.5 Å². The van der Waals surface area contributed by atoms with E-state index in [1.54, 1.807) is 6.92 Å². The number of thiophene rings is 1. The van der Waals surface area contributed by atoms with Gasteiger partial charge in [0.25, 0.3) is 5.91 Å². The molecule has 0 unspecified atom stereocenters. The first-order valence-corrected chi connectivity index (χ1v) is 8.83. The molecule has 8 heteroatoms. The van der Waals surface area contributed by atoms with Crippen LogP contribution in [0.25, 0.3) is 0 Å².